The van der Waals surface area contributed by atoms with E-state index < -0.39 is 49.4 Å². The van der Waals surface area contributed by atoms with Crippen LogP contribution in [-0.4, -0.2) is 72.7 Å². The average molecular weight is 292 g/mol. The van der Waals surface area contributed by atoms with Crippen LogP contribution in [0.5, 0.6) is 0 Å². The van der Waals surface area contributed by atoms with Gasteiger partial charge in [-0.3, -0.25) is 4.79 Å². The van der Waals surface area contributed by atoms with Gasteiger partial charge in [0.05, 0.1) is 6.61 Å². The number of ether oxygens (including phenoxy) is 6. The van der Waals surface area contributed by atoms with Crippen LogP contribution in [0, 0.1) is 0 Å². The summed E-state index contributed by atoms with van der Waals surface area (Å²) in [5.41, 5.74) is 0. The summed E-state index contributed by atoms with van der Waals surface area (Å²) < 4.78 is 30.4. The molecule has 0 aromatic rings. The number of hydrogen-bond donors (Lipinski definition) is 2. The maximum Gasteiger partial charge on any atom is 0.361 e. The summed E-state index contributed by atoms with van der Waals surface area (Å²) >= 11 is 0. The average Bonchev–Trinajstić information content (AvgIpc) is 2.86. The summed E-state index contributed by atoms with van der Waals surface area (Å²) in [6.07, 6.45) is -6.22. The molecule has 3 heterocycles. The first kappa shape index (κ1) is 13.7. The number of aliphatic hydroxyl groups is 1. The maximum atomic E-state index is 10.9. The van der Waals surface area contributed by atoms with Gasteiger partial charge in [0.25, 0.3) is 12.8 Å². The van der Waals surface area contributed by atoms with E-state index in [0.717, 1.165) is 0 Å². The molecule has 0 spiro atoms. The molecule has 0 amide bonds. The van der Waals surface area contributed by atoms with Gasteiger partial charge in [-0.2, -0.15) is 0 Å². The first-order chi connectivity index (χ1) is 9.60. The Bertz CT molecular complexity index is 399. The summed E-state index contributed by atoms with van der Waals surface area (Å²) in [5, 5.41) is 18.6. The van der Waals surface area contributed by atoms with Crippen LogP contribution in [-0.2, 0) is 38.0 Å². The minimum atomic E-state index is -1.51. The van der Waals surface area contributed by atoms with Crippen molar-refractivity contribution in [2.75, 3.05) is 6.61 Å². The van der Waals surface area contributed by atoms with Gasteiger partial charge in [0.1, 0.15) is 24.4 Å². The zero-order valence-electron chi connectivity index (χ0n) is 9.99. The molecule has 3 fully saturated rings. The highest BCUT2D eigenvalue weighted by atomic mass is 16.9. The quantitative estimate of drug-likeness (QED) is 0.551. The second kappa shape index (κ2) is 5.24. The molecule has 3 aliphatic rings. The molecule has 10 nitrogen and oxygen atoms in total. The Hall–Kier alpha value is -1.30. The molecular formula is C10H12O10. The van der Waals surface area contributed by atoms with Crippen molar-refractivity contribution in [2.45, 2.75) is 43.5 Å². The Morgan fingerprint density at radius 1 is 1.15 bits per heavy atom. The van der Waals surface area contributed by atoms with Gasteiger partial charge in [-0.15, -0.1) is 0 Å². The fourth-order valence-corrected chi connectivity index (χ4v) is 2.39. The highest BCUT2D eigenvalue weighted by Gasteiger charge is 2.56. The normalized spacial score (nSPS) is 47.1. The minimum absolute atomic E-state index is 0.00937. The zero-order valence-corrected chi connectivity index (χ0v) is 9.99. The topological polar surface area (TPSA) is 130 Å². The molecule has 20 heavy (non-hydrogen) atoms. The number of carboxylic acid groups (broad SMARTS) is 1. The summed E-state index contributed by atoms with van der Waals surface area (Å²) in [6, 6.07) is 0. The van der Waals surface area contributed by atoms with Crippen LogP contribution in [0.4, 0.5) is 0 Å². The number of aliphatic carboxylic acids is 1. The zero-order chi connectivity index (χ0) is 14.3. The second-order valence-electron chi connectivity index (χ2n) is 4.39. The van der Waals surface area contributed by atoms with Crippen molar-refractivity contribution >= 4 is 12.4 Å². The van der Waals surface area contributed by atoms with E-state index in [1.54, 1.807) is 0 Å². The van der Waals surface area contributed by atoms with Crippen LogP contribution in [0.2, 0.25) is 0 Å². The van der Waals surface area contributed by atoms with E-state index in [1.165, 1.54) is 0 Å². The number of fused-ring (bicyclic) bond motifs is 3. The summed E-state index contributed by atoms with van der Waals surface area (Å²) in [4.78, 5) is 21.1. The van der Waals surface area contributed by atoms with Crippen LogP contribution in [0.15, 0.2) is 0 Å². The van der Waals surface area contributed by atoms with E-state index in [4.69, 9.17) is 28.8 Å². The molecule has 0 aliphatic carbocycles. The number of hydrogen-bond acceptors (Lipinski definition) is 9. The molecule has 2 N–H and O–H groups in total. The molecule has 3 aliphatic heterocycles. The first-order valence-electron chi connectivity index (χ1n) is 5.83. The van der Waals surface area contributed by atoms with E-state index in [1.807, 2.05) is 0 Å². The van der Waals surface area contributed by atoms with Gasteiger partial charge >= 0.3 is 12.4 Å². The lowest BCUT2D eigenvalue weighted by Gasteiger charge is -2.43. The van der Waals surface area contributed by atoms with Crippen LogP contribution in [0.25, 0.3) is 0 Å². The van der Waals surface area contributed by atoms with Gasteiger partial charge in [0.2, 0.25) is 0 Å². The van der Waals surface area contributed by atoms with E-state index >= 15 is 0 Å². The van der Waals surface area contributed by atoms with Crippen molar-refractivity contribution in [3.05, 3.63) is 0 Å². The van der Waals surface area contributed by atoms with Crippen molar-refractivity contribution in [1.29, 1.82) is 0 Å². The monoisotopic (exact) mass is 292 g/mol. The third-order valence-electron chi connectivity index (χ3n) is 3.20. The first-order valence-corrected chi connectivity index (χ1v) is 5.83. The van der Waals surface area contributed by atoms with Crippen LogP contribution < -0.4 is 0 Å². The predicted octanol–water partition coefficient (Wildman–Crippen LogP) is -2.23. The van der Waals surface area contributed by atoms with E-state index in [0.29, 0.717) is 0 Å². The van der Waals surface area contributed by atoms with Gasteiger partial charge in [-0.05, 0) is 0 Å². The lowest BCUT2D eigenvalue weighted by atomic mass is 9.99. The third kappa shape index (κ3) is 2.26. The number of rotatable bonds is 3. The second-order valence-corrected chi connectivity index (χ2v) is 4.39. The molecule has 3 saturated heterocycles. The van der Waals surface area contributed by atoms with Crippen molar-refractivity contribution in [3.8, 4) is 0 Å². The molecule has 0 aromatic carbocycles. The van der Waals surface area contributed by atoms with Crippen molar-refractivity contribution < 1.29 is 48.2 Å². The Morgan fingerprint density at radius 2 is 1.90 bits per heavy atom. The van der Waals surface area contributed by atoms with Crippen LogP contribution in [0.3, 0.4) is 0 Å². The summed E-state index contributed by atoms with van der Waals surface area (Å²) in [5.74, 6) is -1.32. The standard InChI is InChI=1S/C10H12O10/c11-2-16-10-15-1-3-4(20-10)5-6(8(14)17-3)19-9(18-5)7(12)13/h2-6,8-10,14H,1H2,(H,12,13). The van der Waals surface area contributed by atoms with Gasteiger partial charge in [-0.25, -0.2) is 4.79 Å². The number of carbonyl (C=O) groups excluding carboxylic acids is 1. The molecule has 0 saturated carbocycles. The Kier molecular flexibility index (Phi) is 3.58. The van der Waals surface area contributed by atoms with Gasteiger partial charge < -0.3 is 38.6 Å². The number of aliphatic hydroxyl groups excluding tert-OH is 1. The fourth-order valence-electron chi connectivity index (χ4n) is 2.39. The van der Waals surface area contributed by atoms with E-state index in [-0.39, 0.29) is 13.1 Å². The van der Waals surface area contributed by atoms with Gasteiger partial charge in [-0.1, -0.05) is 0 Å². The molecule has 0 radical (unpaired) electrons. The SMILES string of the molecule is O=COC1OCC2OC(O)C3OC(C(=O)O)OC3C2O1. The highest BCUT2D eigenvalue weighted by molar-refractivity contribution is 5.71. The van der Waals surface area contributed by atoms with E-state index in [2.05, 4.69) is 4.74 Å². The van der Waals surface area contributed by atoms with Gasteiger partial charge in [0.15, 0.2) is 6.29 Å². The highest BCUT2D eigenvalue weighted by Crippen LogP contribution is 2.36. The lowest BCUT2D eigenvalue weighted by Crippen LogP contribution is -2.61. The molecule has 7 atom stereocenters. The van der Waals surface area contributed by atoms with E-state index in [9.17, 15) is 14.7 Å². The predicted molar refractivity (Wildman–Crippen MR) is 53.8 cm³/mol. The number of carbonyl (C=O) groups is 2. The van der Waals surface area contributed by atoms with Crippen molar-refractivity contribution in [2.24, 2.45) is 0 Å². The fraction of sp³-hybridized carbons (Fsp3) is 0.800. The Morgan fingerprint density at radius 3 is 2.60 bits per heavy atom. The number of carboxylic acids is 1. The largest absolute Gasteiger partial charge is 0.477 e. The molecule has 10 heteroatoms. The Balaban J connectivity index is 1.75. The van der Waals surface area contributed by atoms with Crippen LogP contribution in [0.1, 0.15) is 0 Å². The minimum Gasteiger partial charge on any atom is -0.477 e. The molecule has 7 unspecified atom stereocenters. The smallest absolute Gasteiger partial charge is 0.361 e. The molecule has 3 rings (SSSR count). The Labute approximate surface area is 112 Å². The van der Waals surface area contributed by atoms with Crippen LogP contribution >= 0.6 is 0 Å². The summed E-state index contributed by atoms with van der Waals surface area (Å²) in [7, 11) is 0. The van der Waals surface area contributed by atoms with Gasteiger partial charge in [0, 0.05) is 0 Å². The molecular weight excluding hydrogens is 280 g/mol. The molecule has 0 bridgehead atoms. The third-order valence-corrected chi connectivity index (χ3v) is 3.20. The maximum absolute atomic E-state index is 10.9. The molecule has 112 valence electrons. The van der Waals surface area contributed by atoms with Crippen molar-refractivity contribution in [3.63, 3.8) is 0 Å². The molecule has 0 aromatic heterocycles. The van der Waals surface area contributed by atoms with Crippen molar-refractivity contribution in [1.82, 2.24) is 0 Å². The summed E-state index contributed by atoms with van der Waals surface area (Å²) in [6.45, 7) is -1.09. The lowest BCUT2D eigenvalue weighted by molar-refractivity contribution is -0.381.